The van der Waals surface area contributed by atoms with Crippen molar-refractivity contribution >= 4 is 23.2 Å². The Kier molecular flexibility index (Phi) is 4.44. The van der Waals surface area contributed by atoms with E-state index in [0.29, 0.717) is 17.3 Å². The van der Waals surface area contributed by atoms with E-state index in [-0.39, 0.29) is 24.0 Å². The molecule has 3 rings (SSSR count). The molecular formula is C16H13ClF2N2O3. The van der Waals surface area contributed by atoms with E-state index in [1.54, 1.807) is 18.2 Å². The highest BCUT2D eigenvalue weighted by atomic mass is 35.5. The highest BCUT2D eigenvalue weighted by Gasteiger charge is 2.43. The minimum absolute atomic E-state index is 0.0173. The molecule has 24 heavy (non-hydrogen) atoms. The number of carbonyl (C=O) groups is 1. The van der Waals surface area contributed by atoms with Crippen molar-refractivity contribution in [3.05, 3.63) is 53.1 Å². The van der Waals surface area contributed by atoms with Crippen LogP contribution in [0.4, 0.5) is 14.5 Å². The maximum Gasteiger partial charge on any atom is 0.586 e. The number of fused-ring (bicyclic) bond motifs is 1. The molecule has 0 spiro atoms. The molecule has 0 saturated heterocycles. The molecule has 8 heteroatoms. The first-order chi connectivity index (χ1) is 11.4. The number of halogens is 3. The van der Waals surface area contributed by atoms with Crippen LogP contribution in [0.5, 0.6) is 11.5 Å². The number of ether oxygens (including phenoxy) is 2. The van der Waals surface area contributed by atoms with Gasteiger partial charge in [-0.3, -0.25) is 4.79 Å². The van der Waals surface area contributed by atoms with E-state index >= 15 is 0 Å². The van der Waals surface area contributed by atoms with Gasteiger partial charge < -0.3 is 20.1 Å². The van der Waals surface area contributed by atoms with Gasteiger partial charge >= 0.3 is 6.29 Å². The molecule has 2 aromatic rings. The molecule has 2 aromatic carbocycles. The number of alkyl halides is 2. The summed E-state index contributed by atoms with van der Waals surface area (Å²) in [6.07, 6.45) is -3.66. The number of hydrogen-bond donors (Lipinski definition) is 2. The molecule has 0 unspecified atom stereocenters. The molecule has 0 aromatic heterocycles. The summed E-state index contributed by atoms with van der Waals surface area (Å²) >= 11 is 5.87. The van der Waals surface area contributed by atoms with Crippen LogP contribution in [0.1, 0.15) is 5.56 Å². The maximum absolute atomic E-state index is 12.9. The van der Waals surface area contributed by atoms with Crippen molar-refractivity contribution in [2.75, 3.05) is 11.9 Å². The predicted octanol–water partition coefficient (Wildman–Crippen LogP) is 3.39. The molecule has 0 radical (unpaired) electrons. The quantitative estimate of drug-likeness (QED) is 0.864. The van der Waals surface area contributed by atoms with E-state index in [1.165, 1.54) is 18.2 Å². The Morgan fingerprint density at radius 2 is 1.92 bits per heavy atom. The number of hydrogen-bond acceptors (Lipinski definition) is 4. The number of carbonyl (C=O) groups excluding carboxylic acids is 1. The van der Waals surface area contributed by atoms with E-state index < -0.39 is 6.29 Å². The van der Waals surface area contributed by atoms with Crippen molar-refractivity contribution in [3.8, 4) is 11.5 Å². The summed E-state index contributed by atoms with van der Waals surface area (Å²) in [5.74, 6) is -0.377. The zero-order chi connectivity index (χ0) is 17.2. The lowest BCUT2D eigenvalue weighted by atomic mass is 10.2. The third-order valence-corrected chi connectivity index (χ3v) is 3.47. The topological polar surface area (TPSA) is 59.6 Å². The second-order valence-corrected chi connectivity index (χ2v) is 5.53. The number of rotatable bonds is 5. The van der Waals surface area contributed by atoms with Gasteiger partial charge in [0.15, 0.2) is 11.5 Å². The third-order valence-electron chi connectivity index (χ3n) is 3.23. The van der Waals surface area contributed by atoms with Crippen LogP contribution in [0.2, 0.25) is 5.02 Å². The van der Waals surface area contributed by atoms with Crippen molar-refractivity contribution in [3.63, 3.8) is 0 Å². The van der Waals surface area contributed by atoms with Crippen LogP contribution in [-0.2, 0) is 11.3 Å². The standard InChI is InChI=1S/C16H13ClF2N2O3/c17-11-3-1-2-10(6-11)8-21-15(22)9-20-12-4-5-13-14(7-12)24-16(18,19)23-13/h1-7,20H,8-9H2,(H,21,22). The molecule has 2 N–H and O–H groups in total. The molecule has 1 heterocycles. The van der Waals surface area contributed by atoms with Gasteiger partial charge in [0.1, 0.15) is 0 Å². The van der Waals surface area contributed by atoms with Gasteiger partial charge in [-0.1, -0.05) is 23.7 Å². The second-order valence-electron chi connectivity index (χ2n) is 5.09. The van der Waals surface area contributed by atoms with E-state index in [0.717, 1.165) is 5.56 Å². The molecule has 126 valence electrons. The van der Waals surface area contributed by atoms with Crippen LogP contribution < -0.4 is 20.1 Å². The second kappa shape index (κ2) is 6.52. The lowest BCUT2D eigenvalue weighted by Gasteiger charge is -2.08. The van der Waals surface area contributed by atoms with Gasteiger partial charge in [-0.2, -0.15) is 0 Å². The SMILES string of the molecule is O=C(CNc1ccc2c(c1)OC(F)(F)O2)NCc1cccc(Cl)c1. The van der Waals surface area contributed by atoms with Crippen LogP contribution in [-0.4, -0.2) is 18.7 Å². The van der Waals surface area contributed by atoms with Crippen molar-refractivity contribution in [2.45, 2.75) is 12.8 Å². The summed E-state index contributed by atoms with van der Waals surface area (Å²) in [5.41, 5.74) is 1.34. The Hall–Kier alpha value is -2.54. The Labute approximate surface area is 141 Å². The molecule has 0 aliphatic carbocycles. The average Bonchev–Trinajstić information content (AvgIpc) is 2.84. The number of nitrogens with one attached hydrogen (secondary N) is 2. The van der Waals surface area contributed by atoms with Gasteiger partial charge in [0.25, 0.3) is 0 Å². The molecule has 0 saturated carbocycles. The highest BCUT2D eigenvalue weighted by molar-refractivity contribution is 6.30. The summed E-state index contributed by atoms with van der Waals surface area (Å²) in [7, 11) is 0. The van der Waals surface area contributed by atoms with E-state index in [4.69, 9.17) is 11.6 Å². The van der Waals surface area contributed by atoms with E-state index in [2.05, 4.69) is 20.1 Å². The summed E-state index contributed by atoms with van der Waals surface area (Å²) in [5, 5.41) is 6.15. The number of anilines is 1. The smallest absolute Gasteiger partial charge is 0.395 e. The zero-order valence-corrected chi connectivity index (χ0v) is 13.1. The van der Waals surface area contributed by atoms with Gasteiger partial charge in [0.2, 0.25) is 5.91 Å². The van der Waals surface area contributed by atoms with Crippen molar-refractivity contribution in [1.29, 1.82) is 0 Å². The first-order valence-corrected chi connectivity index (χ1v) is 7.44. The Morgan fingerprint density at radius 1 is 1.12 bits per heavy atom. The van der Waals surface area contributed by atoms with Gasteiger partial charge in [-0.15, -0.1) is 8.78 Å². The average molecular weight is 355 g/mol. The Bertz CT molecular complexity index is 771. The summed E-state index contributed by atoms with van der Waals surface area (Å²) in [6.45, 7) is 0.324. The zero-order valence-electron chi connectivity index (χ0n) is 12.3. The lowest BCUT2D eigenvalue weighted by Crippen LogP contribution is -2.29. The van der Waals surface area contributed by atoms with Crippen LogP contribution in [0.3, 0.4) is 0 Å². The number of benzene rings is 2. The lowest BCUT2D eigenvalue weighted by molar-refractivity contribution is -0.286. The molecule has 0 fully saturated rings. The van der Waals surface area contributed by atoms with Crippen LogP contribution in [0, 0.1) is 0 Å². The third kappa shape index (κ3) is 4.05. The summed E-state index contributed by atoms with van der Waals surface area (Å²) in [6, 6.07) is 11.4. The normalized spacial score (nSPS) is 14.3. The highest BCUT2D eigenvalue weighted by Crippen LogP contribution is 2.42. The van der Waals surface area contributed by atoms with Crippen molar-refractivity contribution < 1.29 is 23.0 Å². The van der Waals surface area contributed by atoms with Gasteiger partial charge in [0.05, 0.1) is 6.54 Å². The van der Waals surface area contributed by atoms with Gasteiger partial charge in [-0.05, 0) is 29.8 Å². The molecule has 0 bridgehead atoms. The van der Waals surface area contributed by atoms with Crippen LogP contribution in [0.15, 0.2) is 42.5 Å². The van der Waals surface area contributed by atoms with Crippen LogP contribution in [0.25, 0.3) is 0 Å². The van der Waals surface area contributed by atoms with Crippen LogP contribution >= 0.6 is 11.6 Å². The number of amides is 1. The first kappa shape index (κ1) is 16.3. The van der Waals surface area contributed by atoms with E-state index in [1.807, 2.05) is 6.07 Å². The fourth-order valence-electron chi connectivity index (χ4n) is 2.15. The monoisotopic (exact) mass is 354 g/mol. The minimum atomic E-state index is -3.66. The molecular weight excluding hydrogens is 342 g/mol. The Morgan fingerprint density at radius 3 is 2.71 bits per heavy atom. The largest absolute Gasteiger partial charge is 0.586 e. The summed E-state index contributed by atoms with van der Waals surface area (Å²) in [4.78, 5) is 11.8. The minimum Gasteiger partial charge on any atom is -0.395 e. The van der Waals surface area contributed by atoms with Crippen molar-refractivity contribution in [1.82, 2.24) is 5.32 Å². The Balaban J connectivity index is 1.50. The van der Waals surface area contributed by atoms with E-state index in [9.17, 15) is 13.6 Å². The molecule has 1 aliphatic rings. The maximum atomic E-state index is 12.9. The molecule has 0 atom stereocenters. The first-order valence-electron chi connectivity index (χ1n) is 7.06. The fourth-order valence-corrected chi connectivity index (χ4v) is 2.36. The fraction of sp³-hybridized carbons (Fsp3) is 0.188. The van der Waals surface area contributed by atoms with Gasteiger partial charge in [-0.25, -0.2) is 0 Å². The molecule has 1 aliphatic heterocycles. The summed E-state index contributed by atoms with van der Waals surface area (Å²) < 4.78 is 34.5. The predicted molar refractivity (Wildman–Crippen MR) is 84.4 cm³/mol. The van der Waals surface area contributed by atoms with Gasteiger partial charge in [0, 0.05) is 23.3 Å². The molecule has 1 amide bonds. The molecule has 5 nitrogen and oxygen atoms in total. The van der Waals surface area contributed by atoms with Crippen molar-refractivity contribution in [2.24, 2.45) is 0 Å².